The van der Waals surface area contributed by atoms with E-state index in [1.165, 1.54) is 18.4 Å². The van der Waals surface area contributed by atoms with Crippen molar-refractivity contribution in [3.63, 3.8) is 0 Å². The molecular formula is C15H17NO. The number of furan rings is 1. The summed E-state index contributed by atoms with van der Waals surface area (Å²) < 4.78 is 5.97. The predicted octanol–water partition coefficient (Wildman–Crippen LogP) is 3.46. The van der Waals surface area contributed by atoms with Crippen molar-refractivity contribution >= 4 is 0 Å². The molecule has 1 saturated carbocycles. The van der Waals surface area contributed by atoms with E-state index in [1.807, 2.05) is 7.05 Å². The minimum Gasteiger partial charge on any atom is -0.459 e. The zero-order chi connectivity index (χ0) is 11.9. The number of hydrogen-bond acceptors (Lipinski definition) is 2. The Balaban J connectivity index is 1.92. The van der Waals surface area contributed by atoms with Gasteiger partial charge in [0.2, 0.25) is 0 Å². The van der Waals surface area contributed by atoms with Crippen molar-refractivity contribution in [2.45, 2.75) is 25.3 Å². The van der Waals surface area contributed by atoms with Gasteiger partial charge in [-0.3, -0.25) is 0 Å². The van der Waals surface area contributed by atoms with Crippen molar-refractivity contribution in [3.8, 4) is 11.3 Å². The van der Waals surface area contributed by atoms with Crippen LogP contribution in [0.1, 0.15) is 24.2 Å². The lowest BCUT2D eigenvalue weighted by Gasteiger charge is -2.09. The minimum atomic E-state index is 0.114. The van der Waals surface area contributed by atoms with Gasteiger partial charge in [0.15, 0.2) is 0 Å². The first-order valence-electron chi connectivity index (χ1n) is 6.10. The molecule has 0 amide bonds. The van der Waals surface area contributed by atoms with Gasteiger partial charge in [-0.1, -0.05) is 29.8 Å². The maximum Gasteiger partial charge on any atom is 0.134 e. The van der Waals surface area contributed by atoms with Crippen LogP contribution in [0, 0.1) is 6.92 Å². The van der Waals surface area contributed by atoms with Crippen molar-refractivity contribution in [1.29, 1.82) is 0 Å². The van der Waals surface area contributed by atoms with Crippen molar-refractivity contribution in [3.05, 3.63) is 47.7 Å². The Morgan fingerprint density at radius 3 is 2.35 bits per heavy atom. The average molecular weight is 227 g/mol. The molecule has 17 heavy (non-hydrogen) atoms. The van der Waals surface area contributed by atoms with Crippen LogP contribution >= 0.6 is 0 Å². The Labute approximate surface area is 102 Å². The van der Waals surface area contributed by atoms with Crippen LogP contribution in [0.25, 0.3) is 11.3 Å². The second-order valence-electron chi connectivity index (χ2n) is 4.86. The molecule has 0 saturated heterocycles. The van der Waals surface area contributed by atoms with Crippen molar-refractivity contribution < 1.29 is 4.42 Å². The normalized spacial score (nSPS) is 17.1. The molecule has 0 radical (unpaired) electrons. The van der Waals surface area contributed by atoms with E-state index in [0.717, 1.165) is 17.1 Å². The molecule has 1 aromatic heterocycles. The Morgan fingerprint density at radius 2 is 1.76 bits per heavy atom. The van der Waals surface area contributed by atoms with Gasteiger partial charge in [0, 0.05) is 5.56 Å². The molecule has 1 N–H and O–H groups in total. The molecule has 2 nitrogen and oxygen atoms in total. The second kappa shape index (κ2) is 3.74. The summed E-state index contributed by atoms with van der Waals surface area (Å²) in [6, 6.07) is 12.6. The van der Waals surface area contributed by atoms with Crippen LogP contribution in [-0.4, -0.2) is 7.05 Å². The molecule has 1 fully saturated rings. The molecule has 0 aliphatic heterocycles. The molecule has 1 aliphatic carbocycles. The van der Waals surface area contributed by atoms with Crippen LogP contribution < -0.4 is 5.32 Å². The highest BCUT2D eigenvalue weighted by molar-refractivity contribution is 5.58. The van der Waals surface area contributed by atoms with Crippen LogP contribution in [0.3, 0.4) is 0 Å². The van der Waals surface area contributed by atoms with Gasteiger partial charge in [-0.25, -0.2) is 0 Å². The first kappa shape index (κ1) is 10.6. The highest BCUT2D eigenvalue weighted by atomic mass is 16.3. The van der Waals surface area contributed by atoms with Gasteiger partial charge < -0.3 is 9.73 Å². The number of hydrogen-bond donors (Lipinski definition) is 1. The van der Waals surface area contributed by atoms with Gasteiger partial charge in [-0.2, -0.15) is 0 Å². The largest absolute Gasteiger partial charge is 0.459 e. The fourth-order valence-corrected chi connectivity index (χ4v) is 2.21. The summed E-state index contributed by atoms with van der Waals surface area (Å²) in [4.78, 5) is 0. The summed E-state index contributed by atoms with van der Waals surface area (Å²) in [6.07, 6.45) is 2.34. The first-order chi connectivity index (χ1) is 8.23. The summed E-state index contributed by atoms with van der Waals surface area (Å²) >= 11 is 0. The SMILES string of the molecule is CNC1(c2ccc(-c3ccc(C)cc3)o2)CC1. The summed E-state index contributed by atoms with van der Waals surface area (Å²) in [5.74, 6) is 2.03. The summed E-state index contributed by atoms with van der Waals surface area (Å²) in [5.41, 5.74) is 2.53. The lowest BCUT2D eigenvalue weighted by Crippen LogP contribution is -2.23. The maximum atomic E-state index is 5.97. The molecule has 88 valence electrons. The minimum absolute atomic E-state index is 0.114. The number of benzene rings is 1. The van der Waals surface area contributed by atoms with Crippen molar-refractivity contribution in [2.24, 2.45) is 0 Å². The Kier molecular flexibility index (Phi) is 2.33. The van der Waals surface area contributed by atoms with Crippen LogP contribution in [0.5, 0.6) is 0 Å². The molecule has 2 heteroatoms. The van der Waals surface area contributed by atoms with E-state index < -0.39 is 0 Å². The highest BCUT2D eigenvalue weighted by Gasteiger charge is 2.45. The van der Waals surface area contributed by atoms with Crippen molar-refractivity contribution in [1.82, 2.24) is 5.32 Å². The van der Waals surface area contributed by atoms with Gasteiger partial charge >= 0.3 is 0 Å². The van der Waals surface area contributed by atoms with E-state index in [1.54, 1.807) is 0 Å². The van der Waals surface area contributed by atoms with Gasteiger partial charge in [0.25, 0.3) is 0 Å². The van der Waals surface area contributed by atoms with Gasteiger partial charge in [0.05, 0.1) is 5.54 Å². The molecule has 0 atom stereocenters. The molecule has 3 rings (SSSR count). The van der Waals surface area contributed by atoms with Gasteiger partial charge in [0.1, 0.15) is 11.5 Å². The standard InChI is InChI=1S/C15H17NO/c1-11-3-5-12(6-4-11)13-7-8-14(17-13)15(16-2)9-10-15/h3-8,16H,9-10H2,1-2H3. The van der Waals surface area contributed by atoms with E-state index >= 15 is 0 Å². The van der Waals surface area contributed by atoms with Crippen LogP contribution in [-0.2, 0) is 5.54 Å². The molecule has 0 spiro atoms. The zero-order valence-corrected chi connectivity index (χ0v) is 10.3. The lowest BCUT2D eigenvalue weighted by molar-refractivity contribution is 0.425. The van der Waals surface area contributed by atoms with Crippen LogP contribution in [0.15, 0.2) is 40.8 Å². The Morgan fingerprint density at radius 1 is 1.06 bits per heavy atom. The average Bonchev–Trinajstić information content (AvgIpc) is 3.00. The smallest absolute Gasteiger partial charge is 0.134 e. The fourth-order valence-electron chi connectivity index (χ4n) is 2.21. The molecule has 1 aromatic carbocycles. The third-order valence-corrected chi connectivity index (χ3v) is 3.64. The number of aryl methyl sites for hydroxylation is 1. The maximum absolute atomic E-state index is 5.97. The molecular weight excluding hydrogens is 210 g/mol. The molecule has 2 aromatic rings. The van der Waals surface area contributed by atoms with E-state index in [0.29, 0.717) is 0 Å². The molecule has 0 bridgehead atoms. The van der Waals surface area contributed by atoms with E-state index in [4.69, 9.17) is 4.42 Å². The van der Waals surface area contributed by atoms with Crippen molar-refractivity contribution in [2.75, 3.05) is 7.05 Å². The third-order valence-electron chi connectivity index (χ3n) is 3.64. The monoisotopic (exact) mass is 227 g/mol. The van der Waals surface area contributed by atoms with E-state index in [2.05, 4.69) is 48.6 Å². The van der Waals surface area contributed by atoms with Crippen LogP contribution in [0.4, 0.5) is 0 Å². The summed E-state index contributed by atoms with van der Waals surface area (Å²) in [5, 5.41) is 3.35. The Hall–Kier alpha value is -1.54. The third kappa shape index (κ3) is 1.79. The quantitative estimate of drug-likeness (QED) is 0.868. The number of rotatable bonds is 3. The zero-order valence-electron chi connectivity index (χ0n) is 10.3. The van der Waals surface area contributed by atoms with Gasteiger partial charge in [-0.15, -0.1) is 0 Å². The fraction of sp³-hybridized carbons (Fsp3) is 0.333. The first-order valence-corrected chi connectivity index (χ1v) is 6.10. The predicted molar refractivity (Wildman–Crippen MR) is 68.9 cm³/mol. The summed E-state index contributed by atoms with van der Waals surface area (Å²) in [7, 11) is 2.00. The molecule has 1 aliphatic rings. The van der Waals surface area contributed by atoms with Crippen LogP contribution in [0.2, 0.25) is 0 Å². The summed E-state index contributed by atoms with van der Waals surface area (Å²) in [6.45, 7) is 2.09. The number of nitrogens with one attached hydrogen (secondary N) is 1. The molecule has 1 heterocycles. The topological polar surface area (TPSA) is 25.2 Å². The van der Waals surface area contributed by atoms with E-state index in [-0.39, 0.29) is 5.54 Å². The molecule has 0 unspecified atom stereocenters. The van der Waals surface area contributed by atoms with Gasteiger partial charge in [-0.05, 0) is 38.9 Å². The highest BCUT2D eigenvalue weighted by Crippen LogP contribution is 2.46. The lowest BCUT2D eigenvalue weighted by atomic mass is 10.1. The van der Waals surface area contributed by atoms with E-state index in [9.17, 15) is 0 Å². The Bertz CT molecular complexity index is 520. The second-order valence-corrected chi connectivity index (χ2v) is 4.86.